The lowest BCUT2D eigenvalue weighted by molar-refractivity contribution is -0.123. The van der Waals surface area contributed by atoms with Crippen LogP contribution in [-0.2, 0) is 11.2 Å². The van der Waals surface area contributed by atoms with E-state index in [-0.39, 0.29) is 36.5 Å². The summed E-state index contributed by atoms with van der Waals surface area (Å²) in [6, 6.07) is 14.6. The Hall–Kier alpha value is -2.87. The molecule has 0 radical (unpaired) electrons. The first-order valence-electron chi connectivity index (χ1n) is 10.8. The van der Waals surface area contributed by atoms with Crippen molar-refractivity contribution in [3.63, 3.8) is 0 Å². The van der Waals surface area contributed by atoms with Crippen molar-refractivity contribution in [1.82, 2.24) is 20.5 Å². The third kappa shape index (κ3) is 4.24. The molecule has 3 aromatic rings. The number of hydrogen-bond acceptors (Lipinski definition) is 4. The molecule has 0 spiro atoms. The van der Waals surface area contributed by atoms with Gasteiger partial charge in [0.2, 0.25) is 5.91 Å². The molecular formula is C24H25ClN4O3. The Morgan fingerprint density at radius 2 is 2.00 bits per heavy atom. The first-order valence-corrected chi connectivity index (χ1v) is 11.2. The van der Waals surface area contributed by atoms with Crippen LogP contribution in [0.25, 0.3) is 10.9 Å². The van der Waals surface area contributed by atoms with Crippen LogP contribution in [0.2, 0.25) is 5.02 Å². The Bertz CT molecular complexity index is 1180. The minimum atomic E-state index is -0.367. The first kappa shape index (κ1) is 21.0. The molecule has 1 aliphatic heterocycles. The summed E-state index contributed by atoms with van der Waals surface area (Å²) < 4.78 is 0. The van der Waals surface area contributed by atoms with Gasteiger partial charge in [-0.2, -0.15) is 0 Å². The van der Waals surface area contributed by atoms with Crippen molar-refractivity contribution < 1.29 is 14.7 Å². The molecule has 2 amide bonds. The van der Waals surface area contributed by atoms with Gasteiger partial charge in [0, 0.05) is 29.0 Å². The number of halogens is 1. The van der Waals surface area contributed by atoms with Crippen molar-refractivity contribution in [2.45, 2.75) is 31.0 Å². The number of carbonyl (C=O) groups is 2. The molecular weight excluding hydrogens is 428 g/mol. The number of β-amino-alcohol motifs (C(OH)–C–C–N with tert-alkyl or cyclic N) is 1. The van der Waals surface area contributed by atoms with Crippen LogP contribution in [0.4, 0.5) is 0 Å². The van der Waals surface area contributed by atoms with Crippen LogP contribution < -0.4 is 10.6 Å². The number of aromatic amines is 1. The van der Waals surface area contributed by atoms with Gasteiger partial charge in [0.25, 0.3) is 5.91 Å². The molecule has 1 aromatic heterocycles. The Balaban J connectivity index is 1.32. The van der Waals surface area contributed by atoms with Crippen molar-refractivity contribution in [2.75, 3.05) is 19.6 Å². The molecule has 5 rings (SSSR count). The quantitative estimate of drug-likeness (QED) is 0.478. The Kier molecular flexibility index (Phi) is 5.63. The van der Waals surface area contributed by atoms with E-state index in [2.05, 4.69) is 15.6 Å². The lowest BCUT2D eigenvalue weighted by Crippen LogP contribution is -2.46. The number of amides is 2. The zero-order chi connectivity index (χ0) is 22.2. The molecule has 8 heteroatoms. The average molecular weight is 453 g/mol. The number of rotatable bonds is 5. The van der Waals surface area contributed by atoms with Crippen molar-refractivity contribution in [1.29, 1.82) is 0 Å². The van der Waals surface area contributed by atoms with Crippen LogP contribution in [0.5, 0.6) is 0 Å². The van der Waals surface area contributed by atoms with Gasteiger partial charge in [0.15, 0.2) is 0 Å². The number of benzene rings is 2. The van der Waals surface area contributed by atoms with Crippen LogP contribution in [0, 0.1) is 0 Å². The van der Waals surface area contributed by atoms with Gasteiger partial charge in [0.1, 0.15) is 5.69 Å². The highest BCUT2D eigenvalue weighted by Gasteiger charge is 2.35. The molecule has 1 unspecified atom stereocenters. The van der Waals surface area contributed by atoms with Crippen LogP contribution in [-0.4, -0.2) is 58.6 Å². The van der Waals surface area contributed by atoms with Gasteiger partial charge in [-0.15, -0.1) is 0 Å². The maximum Gasteiger partial charge on any atom is 0.268 e. The fourth-order valence-corrected chi connectivity index (χ4v) is 4.94. The molecule has 166 valence electrons. The maximum atomic E-state index is 13.0. The van der Waals surface area contributed by atoms with Gasteiger partial charge in [-0.3, -0.25) is 14.5 Å². The predicted molar refractivity (Wildman–Crippen MR) is 123 cm³/mol. The lowest BCUT2D eigenvalue weighted by atomic mass is 10.1. The molecule has 1 saturated heterocycles. The topological polar surface area (TPSA) is 97.5 Å². The molecule has 4 N–H and O–H groups in total. The van der Waals surface area contributed by atoms with E-state index in [9.17, 15) is 14.7 Å². The summed E-state index contributed by atoms with van der Waals surface area (Å²) in [6.07, 6.45) is 0.961. The Morgan fingerprint density at radius 3 is 2.81 bits per heavy atom. The molecule has 2 aliphatic rings. The normalized spacial score (nSPS) is 22.8. The van der Waals surface area contributed by atoms with E-state index in [0.29, 0.717) is 36.6 Å². The summed E-state index contributed by atoms with van der Waals surface area (Å²) in [5, 5.41) is 17.4. The number of aliphatic hydroxyl groups is 1. The lowest BCUT2D eigenvalue weighted by Gasteiger charge is -2.24. The summed E-state index contributed by atoms with van der Waals surface area (Å²) in [6.45, 7) is 1.46. The second-order valence-electron chi connectivity index (χ2n) is 8.62. The summed E-state index contributed by atoms with van der Waals surface area (Å²) in [4.78, 5) is 30.9. The average Bonchev–Trinajstić information content (AvgIpc) is 3.45. The van der Waals surface area contributed by atoms with E-state index in [0.717, 1.165) is 22.0 Å². The molecule has 0 saturated carbocycles. The third-order valence-electron chi connectivity index (χ3n) is 6.31. The van der Waals surface area contributed by atoms with E-state index < -0.39 is 0 Å². The molecule has 1 aliphatic carbocycles. The zero-order valence-corrected chi connectivity index (χ0v) is 18.2. The van der Waals surface area contributed by atoms with Crippen LogP contribution in [0.15, 0.2) is 48.5 Å². The predicted octanol–water partition coefficient (Wildman–Crippen LogP) is 2.40. The summed E-state index contributed by atoms with van der Waals surface area (Å²) in [5.41, 5.74) is 3.43. The van der Waals surface area contributed by atoms with Gasteiger partial charge < -0.3 is 20.7 Å². The number of aliphatic hydroxyl groups excluding tert-OH is 1. The number of aromatic nitrogens is 1. The number of carbonyl (C=O) groups excluding carboxylic acids is 2. The smallest absolute Gasteiger partial charge is 0.268 e. The fraction of sp³-hybridized carbons (Fsp3) is 0.333. The Morgan fingerprint density at radius 1 is 1.16 bits per heavy atom. The monoisotopic (exact) mass is 452 g/mol. The Labute approximate surface area is 190 Å². The molecule has 2 aromatic carbocycles. The first-order chi connectivity index (χ1) is 15.5. The minimum absolute atomic E-state index is 0.111. The van der Waals surface area contributed by atoms with Crippen molar-refractivity contribution in [3.8, 4) is 0 Å². The number of nitrogens with zero attached hydrogens (tertiary/aromatic N) is 1. The van der Waals surface area contributed by atoms with Gasteiger partial charge in [0.05, 0.1) is 24.7 Å². The number of likely N-dealkylation sites (tertiary alicyclic amines) is 1. The minimum Gasteiger partial charge on any atom is -0.392 e. The van der Waals surface area contributed by atoms with Crippen molar-refractivity contribution in [3.05, 3.63) is 70.4 Å². The molecule has 32 heavy (non-hydrogen) atoms. The highest BCUT2D eigenvalue weighted by Crippen LogP contribution is 2.32. The van der Waals surface area contributed by atoms with Gasteiger partial charge >= 0.3 is 0 Å². The van der Waals surface area contributed by atoms with E-state index >= 15 is 0 Å². The molecule has 0 bridgehead atoms. The number of hydrogen-bond donors (Lipinski definition) is 4. The summed E-state index contributed by atoms with van der Waals surface area (Å²) in [5.74, 6) is -0.336. The molecule has 2 heterocycles. The highest BCUT2D eigenvalue weighted by molar-refractivity contribution is 6.31. The largest absolute Gasteiger partial charge is 0.392 e. The maximum absolute atomic E-state index is 13.0. The number of nitrogens with one attached hydrogen (secondary N) is 3. The molecule has 7 nitrogen and oxygen atoms in total. The second kappa shape index (κ2) is 8.58. The standard InChI is InChI=1S/C24H25ClN4O3/c25-16-5-6-19-15(9-16)11-21(26-19)24(32)27-20-10-14-3-1-2-4-18(14)23(20)28-22(31)13-29-8-7-17(30)12-29/h1-6,9,11,17,20,23,26,30H,7-8,10,12-13H2,(H,27,32)(H,28,31)/t17?,20-,23+/m1/s1. The van der Waals surface area contributed by atoms with E-state index in [4.69, 9.17) is 11.6 Å². The highest BCUT2D eigenvalue weighted by atomic mass is 35.5. The summed E-state index contributed by atoms with van der Waals surface area (Å²) in [7, 11) is 0. The van der Waals surface area contributed by atoms with Gasteiger partial charge in [-0.1, -0.05) is 35.9 Å². The fourth-order valence-electron chi connectivity index (χ4n) is 4.76. The molecule has 1 fully saturated rings. The summed E-state index contributed by atoms with van der Waals surface area (Å²) >= 11 is 6.06. The van der Waals surface area contributed by atoms with Gasteiger partial charge in [-0.05, 0) is 48.2 Å². The SMILES string of the molecule is O=C(CN1CCC(O)C1)N[C@H]1c2ccccc2C[C@H]1NC(=O)c1cc2cc(Cl)ccc2[nH]1. The van der Waals surface area contributed by atoms with Crippen LogP contribution in [0.1, 0.15) is 34.1 Å². The second-order valence-corrected chi connectivity index (χ2v) is 9.06. The van der Waals surface area contributed by atoms with E-state index in [1.807, 2.05) is 41.3 Å². The molecule has 3 atom stereocenters. The van der Waals surface area contributed by atoms with Gasteiger partial charge in [-0.25, -0.2) is 0 Å². The van der Waals surface area contributed by atoms with Crippen molar-refractivity contribution in [2.24, 2.45) is 0 Å². The number of fused-ring (bicyclic) bond motifs is 2. The van der Waals surface area contributed by atoms with Crippen LogP contribution in [0.3, 0.4) is 0 Å². The number of H-pyrrole nitrogens is 1. The van der Waals surface area contributed by atoms with Crippen molar-refractivity contribution >= 4 is 34.3 Å². The van der Waals surface area contributed by atoms with E-state index in [1.54, 1.807) is 12.1 Å². The third-order valence-corrected chi connectivity index (χ3v) is 6.54. The zero-order valence-electron chi connectivity index (χ0n) is 17.5. The van der Waals surface area contributed by atoms with Crippen LogP contribution >= 0.6 is 11.6 Å². The van der Waals surface area contributed by atoms with E-state index in [1.165, 1.54) is 0 Å².